The van der Waals surface area contributed by atoms with Gasteiger partial charge in [-0.25, -0.2) is 4.39 Å². The number of hydrogen-bond acceptors (Lipinski definition) is 3. The highest BCUT2D eigenvalue weighted by Crippen LogP contribution is 2.23. The van der Waals surface area contributed by atoms with Gasteiger partial charge in [0.1, 0.15) is 5.82 Å². The normalized spacial score (nSPS) is 12.5. The molecule has 124 valence electrons. The zero-order valence-electron chi connectivity index (χ0n) is 13.3. The minimum atomic E-state index is -0.798. The molecular weight excluding hydrogens is 297 g/mol. The first-order chi connectivity index (χ1) is 11.0. The lowest BCUT2D eigenvalue weighted by Gasteiger charge is -2.15. The van der Waals surface area contributed by atoms with Crippen LogP contribution in [0.5, 0.6) is 0 Å². The van der Waals surface area contributed by atoms with Crippen LogP contribution in [0.3, 0.4) is 0 Å². The Morgan fingerprint density at radius 1 is 1.39 bits per heavy atom. The molecule has 0 amide bonds. The fourth-order valence-electron chi connectivity index (χ4n) is 2.56. The van der Waals surface area contributed by atoms with Crippen molar-refractivity contribution >= 4 is 5.97 Å². The molecule has 1 atom stereocenters. The van der Waals surface area contributed by atoms with Crippen molar-refractivity contribution in [3.8, 4) is 11.3 Å². The molecule has 0 aliphatic carbocycles. The Labute approximate surface area is 134 Å². The fraction of sp³-hybridized carbons (Fsp3) is 0.412. The molecule has 0 aliphatic heterocycles. The van der Waals surface area contributed by atoms with Gasteiger partial charge in [-0.1, -0.05) is 26.0 Å². The van der Waals surface area contributed by atoms with Crippen LogP contribution in [0.4, 0.5) is 4.39 Å². The number of aliphatic carboxylic acids is 1. The molecule has 0 aliphatic rings. The monoisotopic (exact) mass is 319 g/mol. The van der Waals surface area contributed by atoms with E-state index < -0.39 is 11.9 Å². The maximum atomic E-state index is 13.9. The topological polar surface area (TPSA) is 78.0 Å². The molecule has 0 saturated carbocycles. The lowest BCUT2D eigenvalue weighted by Crippen LogP contribution is -2.29. The van der Waals surface area contributed by atoms with Crippen molar-refractivity contribution in [3.63, 3.8) is 0 Å². The fourth-order valence-corrected chi connectivity index (χ4v) is 2.56. The number of nitrogens with zero attached hydrogens (tertiary/aromatic N) is 1. The van der Waals surface area contributed by atoms with E-state index in [9.17, 15) is 14.3 Å². The van der Waals surface area contributed by atoms with Gasteiger partial charge in [-0.2, -0.15) is 5.10 Å². The lowest BCUT2D eigenvalue weighted by atomic mass is 9.97. The van der Waals surface area contributed by atoms with Crippen LogP contribution in [0.1, 0.15) is 25.8 Å². The van der Waals surface area contributed by atoms with Crippen LogP contribution in [-0.2, 0) is 11.3 Å². The Hall–Kier alpha value is -2.21. The number of rotatable bonds is 8. The van der Waals surface area contributed by atoms with Crippen LogP contribution >= 0.6 is 0 Å². The number of carboxylic acid groups (broad SMARTS) is 1. The molecule has 1 aromatic carbocycles. The summed E-state index contributed by atoms with van der Waals surface area (Å²) in [4.78, 5) is 11.3. The summed E-state index contributed by atoms with van der Waals surface area (Å²) in [7, 11) is 0. The van der Waals surface area contributed by atoms with Crippen molar-refractivity contribution in [2.45, 2.75) is 26.8 Å². The van der Waals surface area contributed by atoms with E-state index in [-0.39, 0.29) is 5.82 Å². The van der Waals surface area contributed by atoms with Crippen molar-refractivity contribution < 1.29 is 14.3 Å². The van der Waals surface area contributed by atoms with E-state index in [1.165, 1.54) is 6.07 Å². The van der Waals surface area contributed by atoms with Gasteiger partial charge in [-0.3, -0.25) is 9.89 Å². The third kappa shape index (κ3) is 4.63. The van der Waals surface area contributed by atoms with Crippen LogP contribution in [-0.4, -0.2) is 27.8 Å². The summed E-state index contributed by atoms with van der Waals surface area (Å²) in [5.41, 5.74) is 1.88. The molecule has 5 nitrogen and oxygen atoms in total. The summed E-state index contributed by atoms with van der Waals surface area (Å²) >= 11 is 0. The summed E-state index contributed by atoms with van der Waals surface area (Å²) in [6.07, 6.45) is 2.25. The van der Waals surface area contributed by atoms with E-state index in [0.717, 1.165) is 5.56 Å². The maximum absolute atomic E-state index is 13.9. The first-order valence-corrected chi connectivity index (χ1v) is 7.69. The standard InChI is InChI=1S/C17H22FN3O2/c1-11(2)7-12(17(22)23)8-19-9-13-10-20-21-16(13)14-5-3-4-6-15(14)18/h3-6,10-12,19H,7-9H2,1-2H3,(H,20,21)(H,22,23). The van der Waals surface area contributed by atoms with Crippen LogP contribution < -0.4 is 5.32 Å². The number of halogens is 1. The van der Waals surface area contributed by atoms with E-state index >= 15 is 0 Å². The Morgan fingerprint density at radius 3 is 2.78 bits per heavy atom. The summed E-state index contributed by atoms with van der Waals surface area (Å²) in [5, 5.41) is 19.2. The zero-order chi connectivity index (χ0) is 16.8. The first kappa shape index (κ1) is 17.1. The lowest BCUT2D eigenvalue weighted by molar-refractivity contribution is -0.142. The highest BCUT2D eigenvalue weighted by molar-refractivity contribution is 5.70. The van der Waals surface area contributed by atoms with Gasteiger partial charge in [0, 0.05) is 24.2 Å². The van der Waals surface area contributed by atoms with E-state index in [2.05, 4.69) is 15.5 Å². The Bertz CT molecular complexity index is 655. The molecule has 2 aromatic rings. The number of carboxylic acids is 1. The summed E-state index contributed by atoms with van der Waals surface area (Å²) in [6, 6.07) is 6.48. The molecule has 2 rings (SSSR count). The number of aromatic nitrogens is 2. The Morgan fingerprint density at radius 2 is 2.13 bits per heavy atom. The van der Waals surface area contributed by atoms with Crippen molar-refractivity contribution in [2.75, 3.05) is 6.54 Å². The van der Waals surface area contributed by atoms with Gasteiger partial charge in [-0.05, 0) is 24.5 Å². The summed E-state index contributed by atoms with van der Waals surface area (Å²) < 4.78 is 13.9. The van der Waals surface area contributed by atoms with Gasteiger partial charge in [0.2, 0.25) is 0 Å². The molecule has 0 fully saturated rings. The summed E-state index contributed by atoms with van der Waals surface area (Å²) in [5.74, 6) is -1.23. The minimum Gasteiger partial charge on any atom is -0.481 e. The predicted octanol–water partition coefficient (Wildman–Crippen LogP) is 3.05. The third-order valence-electron chi connectivity index (χ3n) is 3.67. The van der Waals surface area contributed by atoms with Crippen LogP contribution in [0.15, 0.2) is 30.5 Å². The Balaban J connectivity index is 2.01. The second-order valence-corrected chi connectivity index (χ2v) is 6.05. The van der Waals surface area contributed by atoms with Crippen molar-refractivity contribution in [3.05, 3.63) is 41.8 Å². The molecule has 1 aromatic heterocycles. The van der Waals surface area contributed by atoms with E-state index in [0.29, 0.717) is 36.7 Å². The van der Waals surface area contributed by atoms with Gasteiger partial charge >= 0.3 is 5.97 Å². The molecule has 1 heterocycles. The maximum Gasteiger partial charge on any atom is 0.307 e. The van der Waals surface area contributed by atoms with Crippen LogP contribution in [0.2, 0.25) is 0 Å². The average molecular weight is 319 g/mol. The molecule has 1 unspecified atom stereocenters. The second kappa shape index (κ2) is 7.87. The van der Waals surface area contributed by atoms with E-state index in [1.807, 2.05) is 13.8 Å². The molecule has 0 radical (unpaired) electrons. The predicted molar refractivity (Wildman–Crippen MR) is 86.3 cm³/mol. The first-order valence-electron chi connectivity index (χ1n) is 7.69. The number of carbonyl (C=O) groups is 1. The largest absolute Gasteiger partial charge is 0.481 e. The smallest absolute Gasteiger partial charge is 0.307 e. The second-order valence-electron chi connectivity index (χ2n) is 6.05. The van der Waals surface area contributed by atoms with Gasteiger partial charge < -0.3 is 10.4 Å². The minimum absolute atomic E-state index is 0.318. The van der Waals surface area contributed by atoms with E-state index in [4.69, 9.17) is 0 Å². The highest BCUT2D eigenvalue weighted by atomic mass is 19.1. The van der Waals surface area contributed by atoms with Gasteiger partial charge in [0.15, 0.2) is 0 Å². The zero-order valence-corrected chi connectivity index (χ0v) is 13.3. The number of benzene rings is 1. The van der Waals surface area contributed by atoms with Crippen molar-refractivity contribution in [2.24, 2.45) is 11.8 Å². The molecule has 3 N–H and O–H groups in total. The molecule has 0 spiro atoms. The quantitative estimate of drug-likeness (QED) is 0.699. The summed E-state index contributed by atoms with van der Waals surface area (Å²) in [6.45, 7) is 4.81. The molecular formula is C17H22FN3O2. The molecule has 0 bridgehead atoms. The number of nitrogens with one attached hydrogen (secondary N) is 2. The molecule has 0 saturated heterocycles. The van der Waals surface area contributed by atoms with Crippen molar-refractivity contribution in [1.29, 1.82) is 0 Å². The third-order valence-corrected chi connectivity index (χ3v) is 3.67. The SMILES string of the molecule is CC(C)CC(CNCc1cn[nH]c1-c1ccccc1F)C(=O)O. The molecule has 6 heteroatoms. The number of H-pyrrole nitrogens is 1. The van der Waals surface area contributed by atoms with Gasteiger partial charge in [-0.15, -0.1) is 0 Å². The van der Waals surface area contributed by atoms with Crippen LogP contribution in [0.25, 0.3) is 11.3 Å². The highest BCUT2D eigenvalue weighted by Gasteiger charge is 2.19. The van der Waals surface area contributed by atoms with Crippen molar-refractivity contribution in [1.82, 2.24) is 15.5 Å². The number of aromatic amines is 1. The van der Waals surface area contributed by atoms with Gasteiger partial charge in [0.05, 0.1) is 17.8 Å². The molecule has 23 heavy (non-hydrogen) atoms. The average Bonchev–Trinajstić information content (AvgIpc) is 2.94. The Kier molecular flexibility index (Phi) is 5.87. The number of hydrogen-bond donors (Lipinski definition) is 3. The van der Waals surface area contributed by atoms with Crippen LogP contribution in [0, 0.1) is 17.7 Å². The van der Waals surface area contributed by atoms with Gasteiger partial charge in [0.25, 0.3) is 0 Å². The van der Waals surface area contributed by atoms with E-state index in [1.54, 1.807) is 24.4 Å².